The van der Waals surface area contributed by atoms with Crippen LogP contribution in [-0.4, -0.2) is 19.6 Å². The van der Waals surface area contributed by atoms with Crippen molar-refractivity contribution < 1.29 is 9.53 Å². The number of amides is 1. The second-order valence-corrected chi connectivity index (χ2v) is 4.47. The number of para-hydroxylation sites is 2. The average molecular weight is 270 g/mol. The Kier molecular flexibility index (Phi) is 4.60. The molecule has 0 saturated carbocycles. The Morgan fingerprint density at radius 1 is 1.10 bits per heavy atom. The second kappa shape index (κ2) is 6.61. The highest BCUT2D eigenvalue weighted by Gasteiger charge is 2.06. The number of nitrogens with one attached hydrogen (secondary N) is 2. The summed E-state index contributed by atoms with van der Waals surface area (Å²) >= 11 is 0. The minimum atomic E-state index is -0.116. The van der Waals surface area contributed by atoms with Crippen LogP contribution in [0.3, 0.4) is 0 Å². The van der Waals surface area contributed by atoms with Crippen LogP contribution in [0, 0.1) is 6.92 Å². The van der Waals surface area contributed by atoms with Crippen LogP contribution in [0.2, 0.25) is 0 Å². The van der Waals surface area contributed by atoms with Gasteiger partial charge in [-0.05, 0) is 31.2 Å². The van der Waals surface area contributed by atoms with Gasteiger partial charge in [0.25, 0.3) is 0 Å². The molecule has 0 unspecified atom stereocenters. The number of rotatable bonds is 5. The Morgan fingerprint density at radius 3 is 2.50 bits per heavy atom. The summed E-state index contributed by atoms with van der Waals surface area (Å²) in [6, 6.07) is 15.2. The van der Waals surface area contributed by atoms with Gasteiger partial charge in [0.15, 0.2) is 0 Å². The van der Waals surface area contributed by atoms with Gasteiger partial charge in [0.05, 0.1) is 19.3 Å². The first-order valence-corrected chi connectivity index (χ1v) is 6.42. The van der Waals surface area contributed by atoms with Gasteiger partial charge in [0.2, 0.25) is 5.91 Å². The number of hydrogen-bond acceptors (Lipinski definition) is 3. The number of methoxy groups -OCH3 is 1. The van der Waals surface area contributed by atoms with E-state index in [4.69, 9.17) is 4.74 Å². The summed E-state index contributed by atoms with van der Waals surface area (Å²) in [4.78, 5) is 11.9. The summed E-state index contributed by atoms with van der Waals surface area (Å²) in [7, 11) is 1.58. The Morgan fingerprint density at radius 2 is 1.80 bits per heavy atom. The SMILES string of the molecule is COc1ccccc1NC(=O)CNc1ccc(C)cc1. The molecule has 2 rings (SSSR count). The minimum Gasteiger partial charge on any atom is -0.495 e. The van der Waals surface area contributed by atoms with Gasteiger partial charge in [-0.1, -0.05) is 29.8 Å². The van der Waals surface area contributed by atoms with Gasteiger partial charge in [-0.15, -0.1) is 0 Å². The Bertz CT molecular complexity index is 579. The number of carbonyl (C=O) groups is 1. The number of benzene rings is 2. The number of anilines is 2. The van der Waals surface area contributed by atoms with Crippen molar-refractivity contribution in [3.63, 3.8) is 0 Å². The number of aryl methyl sites for hydroxylation is 1. The summed E-state index contributed by atoms with van der Waals surface area (Å²) in [5.74, 6) is 0.534. The molecule has 4 nitrogen and oxygen atoms in total. The summed E-state index contributed by atoms with van der Waals surface area (Å²) in [5, 5.41) is 5.89. The molecule has 104 valence electrons. The fourth-order valence-electron chi connectivity index (χ4n) is 1.80. The largest absolute Gasteiger partial charge is 0.495 e. The maximum absolute atomic E-state index is 11.9. The third-order valence-electron chi connectivity index (χ3n) is 2.89. The monoisotopic (exact) mass is 270 g/mol. The quantitative estimate of drug-likeness (QED) is 0.878. The number of hydrogen-bond donors (Lipinski definition) is 2. The second-order valence-electron chi connectivity index (χ2n) is 4.47. The first kappa shape index (κ1) is 13.9. The topological polar surface area (TPSA) is 50.4 Å². The predicted molar refractivity (Wildman–Crippen MR) is 81.3 cm³/mol. The van der Waals surface area contributed by atoms with Gasteiger partial charge in [0.1, 0.15) is 5.75 Å². The molecule has 2 N–H and O–H groups in total. The molecule has 0 aliphatic carbocycles. The van der Waals surface area contributed by atoms with Gasteiger partial charge in [-0.2, -0.15) is 0 Å². The maximum atomic E-state index is 11.9. The summed E-state index contributed by atoms with van der Waals surface area (Å²) in [6.07, 6.45) is 0. The van der Waals surface area contributed by atoms with Crippen LogP contribution in [0.1, 0.15) is 5.56 Å². The highest BCUT2D eigenvalue weighted by Crippen LogP contribution is 2.22. The molecule has 4 heteroatoms. The average Bonchev–Trinajstić information content (AvgIpc) is 2.47. The van der Waals surface area contributed by atoms with E-state index in [0.29, 0.717) is 11.4 Å². The minimum absolute atomic E-state index is 0.116. The lowest BCUT2D eigenvalue weighted by Gasteiger charge is -2.11. The molecular formula is C16H18N2O2. The molecular weight excluding hydrogens is 252 g/mol. The maximum Gasteiger partial charge on any atom is 0.243 e. The molecule has 0 atom stereocenters. The van der Waals surface area contributed by atoms with Gasteiger partial charge in [-0.3, -0.25) is 4.79 Å². The summed E-state index contributed by atoms with van der Waals surface area (Å²) in [5.41, 5.74) is 2.78. The molecule has 0 saturated heterocycles. The smallest absolute Gasteiger partial charge is 0.243 e. The normalized spacial score (nSPS) is 9.90. The number of carbonyl (C=O) groups excluding carboxylic acids is 1. The van der Waals surface area contributed by atoms with E-state index in [1.165, 1.54) is 5.56 Å². The zero-order valence-electron chi connectivity index (χ0n) is 11.6. The molecule has 2 aromatic carbocycles. The van der Waals surface area contributed by atoms with Crippen molar-refractivity contribution in [1.29, 1.82) is 0 Å². The third-order valence-corrected chi connectivity index (χ3v) is 2.89. The first-order chi connectivity index (χ1) is 9.69. The first-order valence-electron chi connectivity index (χ1n) is 6.42. The van der Waals surface area contributed by atoms with E-state index in [0.717, 1.165) is 5.69 Å². The van der Waals surface area contributed by atoms with Crippen LogP contribution >= 0.6 is 0 Å². The van der Waals surface area contributed by atoms with Gasteiger partial charge < -0.3 is 15.4 Å². The molecule has 0 fully saturated rings. The van der Waals surface area contributed by atoms with Crippen molar-refractivity contribution >= 4 is 17.3 Å². The lowest BCUT2D eigenvalue weighted by molar-refractivity contribution is -0.114. The Hall–Kier alpha value is -2.49. The fraction of sp³-hybridized carbons (Fsp3) is 0.188. The molecule has 20 heavy (non-hydrogen) atoms. The summed E-state index contributed by atoms with van der Waals surface area (Å²) < 4.78 is 5.19. The van der Waals surface area contributed by atoms with Crippen molar-refractivity contribution in [1.82, 2.24) is 0 Å². The van der Waals surface area contributed by atoms with Gasteiger partial charge in [-0.25, -0.2) is 0 Å². The van der Waals surface area contributed by atoms with Crippen molar-refractivity contribution in [3.05, 3.63) is 54.1 Å². The van der Waals surface area contributed by atoms with Crippen LogP contribution in [0.25, 0.3) is 0 Å². The van der Waals surface area contributed by atoms with Crippen molar-refractivity contribution in [2.24, 2.45) is 0 Å². The van der Waals surface area contributed by atoms with Crippen LogP contribution in [0.15, 0.2) is 48.5 Å². The number of ether oxygens (including phenoxy) is 1. The molecule has 0 heterocycles. The van der Waals surface area contributed by atoms with Crippen LogP contribution in [0.5, 0.6) is 5.75 Å². The van der Waals surface area contributed by atoms with E-state index >= 15 is 0 Å². The van der Waals surface area contributed by atoms with E-state index in [-0.39, 0.29) is 12.5 Å². The molecule has 2 aromatic rings. The lowest BCUT2D eigenvalue weighted by atomic mass is 10.2. The summed E-state index contributed by atoms with van der Waals surface area (Å²) in [6.45, 7) is 2.24. The van der Waals surface area contributed by atoms with Crippen molar-refractivity contribution in [2.75, 3.05) is 24.3 Å². The zero-order valence-corrected chi connectivity index (χ0v) is 11.6. The van der Waals surface area contributed by atoms with Crippen LogP contribution in [0.4, 0.5) is 11.4 Å². The molecule has 1 amide bonds. The molecule has 0 aliphatic rings. The van der Waals surface area contributed by atoms with Gasteiger partial charge in [0, 0.05) is 5.69 Å². The highest BCUT2D eigenvalue weighted by atomic mass is 16.5. The van der Waals surface area contributed by atoms with E-state index < -0.39 is 0 Å². The van der Waals surface area contributed by atoms with E-state index in [9.17, 15) is 4.79 Å². The van der Waals surface area contributed by atoms with E-state index in [1.807, 2.05) is 55.5 Å². The molecule has 0 radical (unpaired) electrons. The Balaban J connectivity index is 1.91. The molecule has 0 spiro atoms. The van der Waals surface area contributed by atoms with E-state index in [1.54, 1.807) is 7.11 Å². The van der Waals surface area contributed by atoms with E-state index in [2.05, 4.69) is 10.6 Å². The predicted octanol–water partition coefficient (Wildman–Crippen LogP) is 3.05. The van der Waals surface area contributed by atoms with Crippen molar-refractivity contribution in [3.8, 4) is 5.75 Å². The standard InChI is InChI=1S/C16H18N2O2/c1-12-7-9-13(10-8-12)17-11-16(19)18-14-5-3-4-6-15(14)20-2/h3-10,17H,11H2,1-2H3,(H,18,19). The fourth-order valence-corrected chi connectivity index (χ4v) is 1.80. The molecule has 0 aromatic heterocycles. The Labute approximate surface area is 118 Å². The zero-order chi connectivity index (χ0) is 14.4. The van der Waals surface area contributed by atoms with Gasteiger partial charge >= 0.3 is 0 Å². The third kappa shape index (κ3) is 3.75. The molecule has 0 aliphatic heterocycles. The van der Waals surface area contributed by atoms with Crippen LogP contribution < -0.4 is 15.4 Å². The molecule has 0 bridgehead atoms. The van der Waals surface area contributed by atoms with Crippen LogP contribution in [-0.2, 0) is 4.79 Å². The van der Waals surface area contributed by atoms with Crippen molar-refractivity contribution in [2.45, 2.75) is 6.92 Å². The highest BCUT2D eigenvalue weighted by molar-refractivity contribution is 5.95. The lowest BCUT2D eigenvalue weighted by Crippen LogP contribution is -2.22.